The van der Waals surface area contributed by atoms with Crippen LogP contribution in [0.2, 0.25) is 0 Å². The van der Waals surface area contributed by atoms with E-state index in [1.807, 2.05) is 0 Å². The number of hydrogen-bond acceptors (Lipinski definition) is 14. The Labute approximate surface area is 702 Å². The van der Waals surface area contributed by atoms with Gasteiger partial charge in [-0.3, -0.25) is 32.5 Å². The van der Waals surface area contributed by atoms with Gasteiger partial charge >= 0.3 is 33.6 Å². The summed E-state index contributed by atoms with van der Waals surface area (Å²) >= 11 is 0. The second-order valence-electron chi connectivity index (χ2n) is 30.7. The molecule has 0 heterocycles. The normalized spacial score (nSPS) is 14.5. The molecule has 0 aliphatic heterocycles. The van der Waals surface area contributed by atoms with Gasteiger partial charge in [0.15, 0.2) is 6.10 Å². The van der Waals surface area contributed by atoms with E-state index in [9.17, 15) is 43.5 Å². The molecule has 5 atom stereocenters. The maximum Gasteiger partial charge on any atom is 0.472 e. The van der Waals surface area contributed by atoms with Crippen molar-refractivity contribution in [1.29, 1.82) is 0 Å². The fourth-order valence-corrected chi connectivity index (χ4v) is 14.1. The van der Waals surface area contributed by atoms with Gasteiger partial charge in [0.1, 0.15) is 25.4 Å². The van der Waals surface area contributed by atoms with E-state index in [1.54, 1.807) is 0 Å². The number of carbonyl (C=O) groups excluding carboxylic acids is 3. The molecule has 18 heteroatoms. The predicted molar refractivity (Wildman–Crippen MR) is 482 cm³/mol. The van der Waals surface area contributed by atoms with Crippen LogP contribution in [-0.4, -0.2) is 95.9 Å². The molecule has 0 aliphatic carbocycles. The van der Waals surface area contributed by atoms with E-state index in [4.69, 9.17) is 32.3 Å². The lowest BCUT2D eigenvalue weighted by molar-refractivity contribution is -0.161. The minimum absolute atomic E-state index is 0.0734. The third kappa shape index (κ3) is 90.0. The van der Waals surface area contributed by atoms with Crippen LogP contribution in [0.15, 0.2) is 146 Å². The van der Waals surface area contributed by atoms with Crippen molar-refractivity contribution in [2.75, 3.05) is 39.6 Å². The summed E-state index contributed by atoms with van der Waals surface area (Å²) in [6, 6.07) is 0. The number of hydrogen-bond donors (Lipinski definition) is 4. The van der Waals surface area contributed by atoms with Gasteiger partial charge in [0.05, 0.1) is 26.4 Å². The highest BCUT2D eigenvalue weighted by Gasteiger charge is 2.29. The first-order valence-corrected chi connectivity index (χ1v) is 49.1. The van der Waals surface area contributed by atoms with E-state index >= 15 is 0 Å². The lowest BCUT2D eigenvalue weighted by Crippen LogP contribution is -2.30. The Hall–Kier alpha value is -4.57. The number of ether oxygens (including phenoxy) is 3. The Morgan fingerprint density at radius 2 is 0.461 bits per heavy atom. The molecule has 662 valence electrons. The van der Waals surface area contributed by atoms with Crippen LogP contribution < -0.4 is 0 Å². The highest BCUT2D eigenvalue weighted by Crippen LogP contribution is 2.45. The summed E-state index contributed by atoms with van der Waals surface area (Å²) in [6.07, 6.45) is 112. The van der Waals surface area contributed by atoms with Gasteiger partial charge in [-0.25, -0.2) is 9.13 Å². The molecule has 0 aromatic carbocycles. The van der Waals surface area contributed by atoms with E-state index in [0.29, 0.717) is 19.3 Å². The van der Waals surface area contributed by atoms with Gasteiger partial charge < -0.3 is 34.2 Å². The zero-order valence-corrected chi connectivity index (χ0v) is 74.7. The summed E-state index contributed by atoms with van der Waals surface area (Å²) < 4.78 is 61.4. The van der Waals surface area contributed by atoms with Crippen molar-refractivity contribution in [1.82, 2.24) is 0 Å². The Balaban J connectivity index is 4.47. The molecule has 0 spiro atoms. The average molecular weight is 1650 g/mol. The number of unbranched alkanes of at least 4 members (excludes halogenated alkanes) is 40. The summed E-state index contributed by atoms with van der Waals surface area (Å²) in [6.45, 7) is 2.53. The van der Waals surface area contributed by atoms with Crippen molar-refractivity contribution in [3.05, 3.63) is 146 Å². The molecule has 16 nitrogen and oxygen atoms in total. The molecule has 0 aliphatic rings. The van der Waals surface area contributed by atoms with Gasteiger partial charge in [0.2, 0.25) is 0 Å². The van der Waals surface area contributed by atoms with Crippen LogP contribution >= 0.6 is 15.6 Å². The van der Waals surface area contributed by atoms with E-state index in [0.717, 1.165) is 141 Å². The summed E-state index contributed by atoms with van der Waals surface area (Å²) in [5.41, 5.74) is 0. The lowest BCUT2D eigenvalue weighted by atomic mass is 10.0. The smallest absolute Gasteiger partial charge is 0.463 e. The molecule has 0 saturated carbocycles. The Morgan fingerprint density at radius 3 is 0.730 bits per heavy atom. The van der Waals surface area contributed by atoms with Crippen LogP contribution in [0.1, 0.15) is 393 Å². The number of aliphatic hydroxyl groups excluding tert-OH is 2. The SMILES string of the molecule is CC/C=C\C/C=C\C/C=C\C/C=C\CCCCCCC(=O)OC(COC(=O)CCCCCCCCCCCCC/C=C\C/C=C\C/C=C\C/C=C\CCCCC)COP(=O)(O)OCC(O)COP(=O)(O)OCC(O)COC(=O)CCCCCCCCCCCCCCCCCCCCC/C=C\C/C=C\C/C=C\C/C=C\CCCCC. The number of allylic oxidation sites excluding steroid dienone is 24. The van der Waals surface area contributed by atoms with Crippen molar-refractivity contribution in [3.63, 3.8) is 0 Å². The van der Waals surface area contributed by atoms with Crippen molar-refractivity contribution >= 4 is 33.6 Å². The van der Waals surface area contributed by atoms with E-state index < -0.39 is 91.5 Å². The Morgan fingerprint density at radius 1 is 0.252 bits per heavy atom. The van der Waals surface area contributed by atoms with Crippen LogP contribution in [0, 0.1) is 0 Å². The Kier molecular flexibility index (Phi) is 85.2. The minimum atomic E-state index is -4.95. The third-order valence-electron chi connectivity index (χ3n) is 19.5. The monoisotopic (exact) mass is 1650 g/mol. The highest BCUT2D eigenvalue weighted by molar-refractivity contribution is 7.47. The second-order valence-corrected chi connectivity index (χ2v) is 33.6. The summed E-state index contributed by atoms with van der Waals surface area (Å²) in [7, 11) is -9.81. The number of phosphoric ester groups is 2. The first-order chi connectivity index (χ1) is 56.2. The van der Waals surface area contributed by atoms with E-state index in [2.05, 4.69) is 167 Å². The molecular weight excluding hydrogens is 1480 g/mol. The maximum absolute atomic E-state index is 13.0. The summed E-state index contributed by atoms with van der Waals surface area (Å²) in [4.78, 5) is 58.9. The van der Waals surface area contributed by atoms with Gasteiger partial charge in [-0.1, -0.05) is 372 Å². The fourth-order valence-electron chi connectivity index (χ4n) is 12.5. The number of carbonyl (C=O) groups is 3. The largest absolute Gasteiger partial charge is 0.472 e. The van der Waals surface area contributed by atoms with Gasteiger partial charge in [-0.15, -0.1) is 0 Å². The quantitative estimate of drug-likeness (QED) is 0.0146. The number of rotatable bonds is 87. The summed E-state index contributed by atoms with van der Waals surface area (Å²) in [5.74, 6) is -1.60. The van der Waals surface area contributed by atoms with E-state index in [-0.39, 0.29) is 19.3 Å². The number of phosphoric acid groups is 2. The maximum atomic E-state index is 13.0. The molecule has 0 amide bonds. The average Bonchev–Trinajstić information content (AvgIpc) is 0.889. The van der Waals surface area contributed by atoms with Crippen LogP contribution in [0.3, 0.4) is 0 Å². The van der Waals surface area contributed by atoms with Gasteiger partial charge in [-0.05, 0) is 148 Å². The summed E-state index contributed by atoms with van der Waals surface area (Å²) in [5, 5.41) is 20.7. The van der Waals surface area contributed by atoms with Gasteiger partial charge in [0, 0.05) is 19.3 Å². The molecule has 0 aromatic rings. The molecule has 5 unspecified atom stereocenters. The third-order valence-corrected chi connectivity index (χ3v) is 21.4. The first-order valence-electron chi connectivity index (χ1n) is 46.1. The van der Waals surface area contributed by atoms with Crippen molar-refractivity contribution in [2.24, 2.45) is 0 Å². The Bertz CT molecular complexity index is 2670. The molecule has 0 fully saturated rings. The van der Waals surface area contributed by atoms with E-state index in [1.165, 1.54) is 193 Å². The van der Waals surface area contributed by atoms with Crippen LogP contribution in [0.25, 0.3) is 0 Å². The number of aliphatic hydroxyl groups is 2. The fraction of sp³-hybridized carbons (Fsp3) is 0.722. The van der Waals surface area contributed by atoms with Gasteiger partial charge in [-0.2, -0.15) is 0 Å². The van der Waals surface area contributed by atoms with Gasteiger partial charge in [0.25, 0.3) is 0 Å². The van der Waals surface area contributed by atoms with Crippen molar-refractivity contribution in [2.45, 2.75) is 411 Å². The van der Waals surface area contributed by atoms with Crippen molar-refractivity contribution < 1.29 is 75.8 Å². The molecule has 115 heavy (non-hydrogen) atoms. The molecule has 4 N–H and O–H groups in total. The lowest BCUT2D eigenvalue weighted by Gasteiger charge is -2.21. The zero-order chi connectivity index (χ0) is 83.6. The minimum Gasteiger partial charge on any atom is -0.463 e. The molecule has 0 radical (unpaired) electrons. The molecule has 0 rings (SSSR count). The van der Waals surface area contributed by atoms with Crippen LogP contribution in [0.5, 0.6) is 0 Å². The molecular formula is C97H168O16P2. The number of esters is 3. The predicted octanol–water partition coefficient (Wildman–Crippen LogP) is 28.3. The van der Waals surface area contributed by atoms with Crippen LogP contribution in [-0.2, 0) is 55.8 Å². The van der Waals surface area contributed by atoms with Crippen LogP contribution in [0.4, 0.5) is 0 Å². The molecule has 0 saturated heterocycles. The molecule has 0 aromatic heterocycles. The standard InChI is InChI=1S/C97H168O16P2/c1-4-7-10-13-16-19-22-25-28-31-33-35-37-39-41-42-43-44-45-46-47-48-50-52-53-55-57-60-62-65-68-71-74-77-80-83-95(100)107-86-92(98)87-109-114(103,104)110-88-93(99)89-111-115(105,106)112-91-94(113-97(102)85-82-79-76-73-70-67-64-59-30-27-24-21-18-15-12-9-6-3)90-108-96(101)84-81-78-75-72-69-66-63-61-58-56-54-51-49-40-38-36-34-32-29-26-23-20-17-14-11-8-5-2/h9,12,16-21,25-30,33-36,39-41,49,64,67,92-94,98-99H,4-8,10-11,13-15,22-24,31-32,37-38,42-48,50-63,65-66,68-91H2,1-3H3,(H,103,104)(H,105,106)/b12-9-,19-16-,20-17-,21-18-,28-25-,29-26-,30-27-,35-33-,36-34-,41-39-,49-40-,67-64-. The first kappa shape index (κ1) is 110. The highest BCUT2D eigenvalue weighted by atomic mass is 31.2. The molecule has 0 bridgehead atoms. The topological polar surface area (TPSA) is 231 Å². The van der Waals surface area contributed by atoms with Crippen molar-refractivity contribution in [3.8, 4) is 0 Å². The second kappa shape index (κ2) is 88.7. The zero-order valence-electron chi connectivity index (χ0n) is 72.9.